The third-order valence-electron chi connectivity index (χ3n) is 6.26. The Kier molecular flexibility index (Phi) is 11.9. The molecule has 0 spiro atoms. The molecule has 5 rings (SSSR count). The Bertz CT molecular complexity index is 1630. The zero-order valence-corrected chi connectivity index (χ0v) is 26.9. The van der Waals surface area contributed by atoms with E-state index in [1.54, 1.807) is 5.32 Å². The van der Waals surface area contributed by atoms with Gasteiger partial charge in [0.2, 0.25) is 0 Å². The fourth-order valence-corrected chi connectivity index (χ4v) is 7.08. The molecule has 0 unspecified atom stereocenters. The molecule has 0 fully saturated rings. The van der Waals surface area contributed by atoms with Gasteiger partial charge in [-0.2, -0.15) is 26.3 Å². The quantitative estimate of drug-likeness (QED) is 0.103. The Morgan fingerprint density at radius 1 is 0.717 bits per heavy atom. The molecule has 0 aliphatic carbocycles. The first-order valence-electron chi connectivity index (χ1n) is 13.4. The molecule has 0 bridgehead atoms. The first-order chi connectivity index (χ1) is 21.9. The van der Waals surface area contributed by atoms with E-state index >= 15 is 0 Å². The van der Waals surface area contributed by atoms with E-state index in [-0.39, 0.29) is 33.1 Å². The number of ether oxygens (including phenoxy) is 1. The van der Waals surface area contributed by atoms with Gasteiger partial charge in [-0.25, -0.2) is 0 Å². The number of carbonyl (C=O) groups is 1. The average Bonchev–Trinajstić information content (AvgIpc) is 3.04. The molecule has 46 heavy (non-hydrogen) atoms. The molecule has 0 heterocycles. The van der Waals surface area contributed by atoms with Crippen LogP contribution in [-0.4, -0.2) is 12.1 Å². The molecule has 3 nitrogen and oxygen atoms in total. The second-order valence-electron chi connectivity index (χ2n) is 9.49. The van der Waals surface area contributed by atoms with Crippen LogP contribution in [0.5, 0.6) is 11.5 Å². The predicted molar refractivity (Wildman–Crippen MR) is 175 cm³/mol. The molecule has 0 aliphatic rings. The van der Waals surface area contributed by atoms with Crippen molar-refractivity contribution in [2.75, 3.05) is 5.32 Å². The predicted octanol–water partition coefficient (Wildman–Crippen LogP) is 9.99. The molecular formula is C34H24BrClF6NO2P. The van der Waals surface area contributed by atoms with Gasteiger partial charge in [-0.3, -0.25) is 4.79 Å². The SMILES string of the molecule is O=C(Nc1cc(Cl)c(Oc2ccc(C(F)(F)F)cc2)cc1CBr)C(F)(F)F.c1ccc(P(c2ccccc2)c2ccccc2)cc1. The monoisotopic (exact) mass is 737 g/mol. The van der Waals surface area contributed by atoms with Gasteiger partial charge >= 0.3 is 18.3 Å². The highest BCUT2D eigenvalue weighted by Crippen LogP contribution is 2.37. The average molecular weight is 739 g/mol. The van der Waals surface area contributed by atoms with Crippen LogP contribution in [0.25, 0.3) is 0 Å². The fourth-order valence-electron chi connectivity index (χ4n) is 4.11. The van der Waals surface area contributed by atoms with Crippen molar-refractivity contribution in [1.82, 2.24) is 0 Å². The van der Waals surface area contributed by atoms with Crippen LogP contribution in [0.2, 0.25) is 5.02 Å². The van der Waals surface area contributed by atoms with E-state index in [9.17, 15) is 31.1 Å². The van der Waals surface area contributed by atoms with Crippen LogP contribution < -0.4 is 26.0 Å². The summed E-state index contributed by atoms with van der Waals surface area (Å²) in [5.41, 5.74) is -0.829. The molecule has 0 saturated carbocycles. The van der Waals surface area contributed by atoms with Crippen LogP contribution in [0.4, 0.5) is 32.0 Å². The van der Waals surface area contributed by atoms with Gasteiger partial charge in [0.25, 0.3) is 0 Å². The normalized spacial score (nSPS) is 11.4. The number of anilines is 1. The zero-order chi connectivity index (χ0) is 33.3. The summed E-state index contributed by atoms with van der Waals surface area (Å²) in [6, 6.07) is 38.4. The second kappa shape index (κ2) is 15.6. The molecule has 0 aliphatic heterocycles. The molecular weight excluding hydrogens is 715 g/mol. The Hall–Kier alpha value is -3.85. The summed E-state index contributed by atoms with van der Waals surface area (Å²) in [4.78, 5) is 11.1. The van der Waals surface area contributed by atoms with Gasteiger partial charge in [-0.15, -0.1) is 0 Å². The lowest BCUT2D eigenvalue weighted by Crippen LogP contribution is -2.30. The van der Waals surface area contributed by atoms with Crippen LogP contribution in [-0.2, 0) is 16.3 Å². The fraction of sp³-hybridized carbons (Fsp3) is 0.0882. The Labute approximate surface area is 276 Å². The number of carbonyl (C=O) groups excluding carboxylic acids is 1. The smallest absolute Gasteiger partial charge is 0.456 e. The summed E-state index contributed by atoms with van der Waals surface area (Å²) < 4.78 is 80.3. The van der Waals surface area contributed by atoms with E-state index in [0.29, 0.717) is 0 Å². The van der Waals surface area contributed by atoms with Gasteiger partial charge in [0, 0.05) is 11.0 Å². The van der Waals surface area contributed by atoms with E-state index in [2.05, 4.69) is 107 Å². The van der Waals surface area contributed by atoms with E-state index in [1.807, 2.05) is 0 Å². The maximum Gasteiger partial charge on any atom is 0.471 e. The summed E-state index contributed by atoms with van der Waals surface area (Å²) in [6.45, 7) is 0. The number of rotatable bonds is 7. The first kappa shape index (κ1) is 35.0. The highest BCUT2D eigenvalue weighted by Gasteiger charge is 2.39. The zero-order valence-electron chi connectivity index (χ0n) is 23.6. The second-order valence-corrected chi connectivity index (χ2v) is 12.7. The molecule has 5 aromatic rings. The summed E-state index contributed by atoms with van der Waals surface area (Å²) in [5.74, 6) is -2.13. The topological polar surface area (TPSA) is 38.3 Å². The number of hydrogen-bond donors (Lipinski definition) is 1. The van der Waals surface area contributed by atoms with Crippen LogP contribution in [0.1, 0.15) is 11.1 Å². The van der Waals surface area contributed by atoms with Crippen molar-refractivity contribution < 1.29 is 35.9 Å². The maximum absolute atomic E-state index is 12.6. The van der Waals surface area contributed by atoms with Crippen molar-refractivity contribution in [3.63, 3.8) is 0 Å². The number of halogens is 8. The molecule has 238 valence electrons. The van der Waals surface area contributed by atoms with E-state index in [4.69, 9.17) is 16.3 Å². The first-order valence-corrected chi connectivity index (χ1v) is 16.3. The minimum absolute atomic E-state index is 0.00381. The Morgan fingerprint density at radius 3 is 1.57 bits per heavy atom. The van der Waals surface area contributed by atoms with Crippen molar-refractivity contribution >= 4 is 63.0 Å². The number of alkyl halides is 7. The molecule has 0 radical (unpaired) electrons. The highest BCUT2D eigenvalue weighted by atomic mass is 79.9. The van der Waals surface area contributed by atoms with Gasteiger partial charge in [-0.05, 0) is 65.8 Å². The number of amides is 1. The lowest BCUT2D eigenvalue weighted by Gasteiger charge is -2.18. The molecule has 1 amide bonds. The molecule has 1 N–H and O–H groups in total. The number of hydrogen-bond acceptors (Lipinski definition) is 2. The summed E-state index contributed by atoms with van der Waals surface area (Å²) >= 11 is 9.03. The van der Waals surface area contributed by atoms with Gasteiger partial charge in [-0.1, -0.05) is 119 Å². The van der Waals surface area contributed by atoms with Crippen molar-refractivity contribution in [2.45, 2.75) is 17.7 Å². The largest absolute Gasteiger partial charge is 0.471 e. The van der Waals surface area contributed by atoms with Gasteiger partial charge in [0.05, 0.1) is 10.6 Å². The molecule has 0 aromatic heterocycles. The summed E-state index contributed by atoms with van der Waals surface area (Å²) in [5, 5.41) is 5.81. The van der Waals surface area contributed by atoms with Gasteiger partial charge in [0.1, 0.15) is 11.5 Å². The van der Waals surface area contributed by atoms with E-state index in [1.165, 1.54) is 22.0 Å². The Morgan fingerprint density at radius 2 is 1.17 bits per heavy atom. The van der Waals surface area contributed by atoms with Crippen molar-refractivity contribution in [3.8, 4) is 11.5 Å². The maximum atomic E-state index is 12.6. The lowest BCUT2D eigenvalue weighted by molar-refractivity contribution is -0.167. The summed E-state index contributed by atoms with van der Waals surface area (Å²) in [6.07, 6.45) is -9.58. The van der Waals surface area contributed by atoms with E-state index in [0.717, 1.165) is 30.3 Å². The van der Waals surface area contributed by atoms with Crippen LogP contribution in [0, 0.1) is 0 Å². The molecule has 12 heteroatoms. The van der Waals surface area contributed by atoms with Crippen LogP contribution in [0.3, 0.4) is 0 Å². The molecule has 0 saturated heterocycles. The van der Waals surface area contributed by atoms with Crippen LogP contribution >= 0.6 is 35.5 Å². The van der Waals surface area contributed by atoms with Crippen molar-refractivity contribution in [1.29, 1.82) is 0 Å². The van der Waals surface area contributed by atoms with Gasteiger partial charge in [0.15, 0.2) is 0 Å². The minimum atomic E-state index is -5.08. The Balaban J connectivity index is 0.000000221. The third kappa shape index (κ3) is 9.58. The van der Waals surface area contributed by atoms with Gasteiger partial charge < -0.3 is 10.1 Å². The van der Waals surface area contributed by atoms with Crippen molar-refractivity contribution in [3.05, 3.63) is 144 Å². The third-order valence-corrected chi connectivity index (χ3v) is 9.60. The summed E-state index contributed by atoms with van der Waals surface area (Å²) in [7, 11) is -0.446. The lowest BCUT2D eigenvalue weighted by atomic mass is 10.2. The van der Waals surface area contributed by atoms with E-state index < -0.39 is 31.7 Å². The standard InChI is InChI=1S/C18H15P.C16H9BrClF6NO2/c1-4-10-16(11-5-1)19(17-12-6-2-7-13-17)18-14-8-3-9-15-18;17-7-8-5-13(11(18)6-12(8)25-14(26)16(22,23)24)27-10-3-1-9(2-4-10)15(19,20)21/h1-15H;1-6H,7H2,(H,25,26). The van der Waals surface area contributed by atoms with Crippen LogP contribution in [0.15, 0.2) is 127 Å². The minimum Gasteiger partial charge on any atom is -0.456 e. The number of benzene rings is 5. The molecule has 5 aromatic carbocycles. The van der Waals surface area contributed by atoms with Crippen molar-refractivity contribution in [2.24, 2.45) is 0 Å². The number of nitrogens with one attached hydrogen (secondary N) is 1. The highest BCUT2D eigenvalue weighted by molar-refractivity contribution is 9.08. The molecule has 0 atom stereocenters.